The van der Waals surface area contributed by atoms with Gasteiger partial charge in [0.25, 0.3) is 5.56 Å². The standard InChI is InChI=1S/C15H11ClN4O/c16-10-5-1-2-6-11(10)20-17-9-14-15(21)19-13-8-4-3-7-12(13)18-14/h1-9,20H,(H,19,21)/b17-9+. The van der Waals surface area contributed by atoms with E-state index < -0.39 is 0 Å². The Bertz CT molecular complexity index is 873. The van der Waals surface area contributed by atoms with E-state index in [2.05, 4.69) is 20.5 Å². The van der Waals surface area contributed by atoms with Gasteiger partial charge in [-0.1, -0.05) is 35.9 Å². The lowest BCUT2D eigenvalue weighted by Gasteiger charge is -2.02. The molecule has 0 fully saturated rings. The van der Waals surface area contributed by atoms with Gasteiger partial charge in [-0.3, -0.25) is 10.2 Å². The van der Waals surface area contributed by atoms with Crippen molar-refractivity contribution < 1.29 is 0 Å². The Morgan fingerprint density at radius 1 is 1.14 bits per heavy atom. The normalized spacial score (nSPS) is 11.1. The summed E-state index contributed by atoms with van der Waals surface area (Å²) < 4.78 is 0. The molecule has 0 unspecified atom stereocenters. The molecule has 3 aromatic rings. The van der Waals surface area contributed by atoms with Crippen LogP contribution in [0.25, 0.3) is 11.0 Å². The molecule has 0 radical (unpaired) electrons. The second kappa shape index (κ2) is 5.76. The van der Waals surface area contributed by atoms with Gasteiger partial charge < -0.3 is 4.98 Å². The SMILES string of the molecule is O=c1[nH]c2ccccc2nc1/C=N/Nc1ccccc1Cl. The second-order valence-corrected chi connectivity index (χ2v) is 4.73. The first-order valence-electron chi connectivity index (χ1n) is 6.27. The summed E-state index contributed by atoms with van der Waals surface area (Å²) in [5.74, 6) is 0. The number of aromatic amines is 1. The monoisotopic (exact) mass is 298 g/mol. The lowest BCUT2D eigenvalue weighted by molar-refractivity contribution is 1.19. The van der Waals surface area contributed by atoms with Gasteiger partial charge in [0.1, 0.15) is 5.69 Å². The number of hydrazone groups is 1. The number of hydrogen-bond donors (Lipinski definition) is 2. The fourth-order valence-electron chi connectivity index (χ4n) is 1.85. The van der Waals surface area contributed by atoms with E-state index in [0.29, 0.717) is 21.7 Å². The number of rotatable bonds is 3. The third-order valence-electron chi connectivity index (χ3n) is 2.87. The summed E-state index contributed by atoms with van der Waals surface area (Å²) in [6.07, 6.45) is 1.37. The molecule has 104 valence electrons. The van der Waals surface area contributed by atoms with Crippen LogP contribution in [-0.2, 0) is 0 Å². The van der Waals surface area contributed by atoms with E-state index in [1.807, 2.05) is 30.3 Å². The van der Waals surface area contributed by atoms with E-state index in [0.717, 1.165) is 0 Å². The molecule has 0 amide bonds. The molecule has 3 rings (SSSR count). The van der Waals surface area contributed by atoms with E-state index in [9.17, 15) is 4.79 Å². The molecule has 0 atom stereocenters. The number of benzene rings is 2. The average Bonchev–Trinajstić information content (AvgIpc) is 2.49. The van der Waals surface area contributed by atoms with E-state index in [4.69, 9.17) is 11.6 Å². The van der Waals surface area contributed by atoms with E-state index in [1.165, 1.54) is 6.21 Å². The highest BCUT2D eigenvalue weighted by molar-refractivity contribution is 6.33. The molecule has 0 spiro atoms. The molecule has 5 nitrogen and oxygen atoms in total. The Balaban J connectivity index is 1.88. The summed E-state index contributed by atoms with van der Waals surface area (Å²) in [5, 5.41) is 4.55. The highest BCUT2D eigenvalue weighted by atomic mass is 35.5. The van der Waals surface area contributed by atoms with Gasteiger partial charge in [-0.15, -0.1) is 0 Å². The molecular weight excluding hydrogens is 288 g/mol. The Morgan fingerprint density at radius 2 is 1.90 bits per heavy atom. The predicted molar refractivity (Wildman–Crippen MR) is 85.0 cm³/mol. The van der Waals surface area contributed by atoms with Gasteiger partial charge in [0, 0.05) is 0 Å². The van der Waals surface area contributed by atoms with Crippen LogP contribution in [0, 0.1) is 0 Å². The number of anilines is 1. The quantitative estimate of drug-likeness (QED) is 0.577. The molecule has 6 heteroatoms. The summed E-state index contributed by atoms with van der Waals surface area (Å²) in [4.78, 5) is 18.9. The Labute approximate surface area is 125 Å². The summed E-state index contributed by atoms with van der Waals surface area (Å²) in [6.45, 7) is 0. The van der Waals surface area contributed by atoms with Gasteiger partial charge in [0.2, 0.25) is 0 Å². The zero-order valence-corrected chi connectivity index (χ0v) is 11.6. The number of nitrogens with one attached hydrogen (secondary N) is 2. The van der Waals surface area contributed by atoms with Crippen molar-refractivity contribution in [1.29, 1.82) is 0 Å². The number of fused-ring (bicyclic) bond motifs is 1. The molecule has 1 heterocycles. The van der Waals surface area contributed by atoms with Crippen LogP contribution in [0.5, 0.6) is 0 Å². The molecule has 0 aliphatic carbocycles. The number of nitrogens with zero attached hydrogens (tertiary/aromatic N) is 2. The number of hydrogen-bond acceptors (Lipinski definition) is 4. The molecule has 0 aliphatic heterocycles. The molecule has 1 aromatic heterocycles. The fourth-order valence-corrected chi connectivity index (χ4v) is 2.02. The predicted octanol–water partition coefficient (Wildman–Crippen LogP) is 3.02. The average molecular weight is 299 g/mol. The maximum atomic E-state index is 11.9. The molecule has 2 aromatic carbocycles. The molecule has 21 heavy (non-hydrogen) atoms. The number of para-hydroxylation sites is 3. The van der Waals surface area contributed by atoms with Gasteiger partial charge in [0.15, 0.2) is 0 Å². The fraction of sp³-hybridized carbons (Fsp3) is 0. The Kier molecular flexibility index (Phi) is 3.66. The molecule has 0 saturated carbocycles. The first-order valence-corrected chi connectivity index (χ1v) is 6.64. The number of aromatic nitrogens is 2. The van der Waals surface area contributed by atoms with Crippen LogP contribution < -0.4 is 11.0 Å². The van der Waals surface area contributed by atoms with Crippen molar-refractivity contribution in [2.45, 2.75) is 0 Å². The molecule has 2 N–H and O–H groups in total. The van der Waals surface area contributed by atoms with Crippen molar-refractivity contribution in [3.05, 3.63) is 69.6 Å². The van der Waals surface area contributed by atoms with E-state index in [-0.39, 0.29) is 11.3 Å². The molecule has 0 saturated heterocycles. The lowest BCUT2D eigenvalue weighted by Crippen LogP contribution is -2.15. The van der Waals surface area contributed by atoms with Crippen LogP contribution in [0.4, 0.5) is 5.69 Å². The Morgan fingerprint density at radius 3 is 2.76 bits per heavy atom. The van der Waals surface area contributed by atoms with Crippen molar-refractivity contribution in [2.24, 2.45) is 5.10 Å². The maximum Gasteiger partial charge on any atom is 0.276 e. The van der Waals surface area contributed by atoms with Crippen LogP contribution in [-0.4, -0.2) is 16.2 Å². The minimum absolute atomic E-state index is 0.230. The zero-order chi connectivity index (χ0) is 14.7. The van der Waals surface area contributed by atoms with Crippen LogP contribution in [0.15, 0.2) is 58.4 Å². The van der Waals surface area contributed by atoms with E-state index >= 15 is 0 Å². The van der Waals surface area contributed by atoms with Gasteiger partial charge in [-0.25, -0.2) is 4.98 Å². The highest BCUT2D eigenvalue weighted by Crippen LogP contribution is 2.20. The molecule has 0 aliphatic rings. The summed E-state index contributed by atoms with van der Waals surface area (Å²) in [6, 6.07) is 14.5. The van der Waals surface area contributed by atoms with Crippen molar-refractivity contribution in [3.63, 3.8) is 0 Å². The van der Waals surface area contributed by atoms with Crippen molar-refractivity contribution in [1.82, 2.24) is 9.97 Å². The topological polar surface area (TPSA) is 70.1 Å². The zero-order valence-electron chi connectivity index (χ0n) is 10.9. The van der Waals surface area contributed by atoms with Gasteiger partial charge in [-0.05, 0) is 24.3 Å². The largest absolute Gasteiger partial charge is 0.319 e. The van der Waals surface area contributed by atoms with Crippen molar-refractivity contribution >= 4 is 34.5 Å². The highest BCUT2D eigenvalue weighted by Gasteiger charge is 2.02. The summed E-state index contributed by atoms with van der Waals surface area (Å²) >= 11 is 6.00. The minimum Gasteiger partial charge on any atom is -0.319 e. The second-order valence-electron chi connectivity index (χ2n) is 4.32. The number of halogens is 1. The molecular formula is C15H11ClN4O. The van der Waals surface area contributed by atoms with Crippen LogP contribution >= 0.6 is 11.6 Å². The third kappa shape index (κ3) is 2.93. The van der Waals surface area contributed by atoms with Gasteiger partial charge >= 0.3 is 0 Å². The van der Waals surface area contributed by atoms with Gasteiger partial charge in [-0.2, -0.15) is 5.10 Å². The maximum absolute atomic E-state index is 11.9. The number of H-pyrrole nitrogens is 1. The van der Waals surface area contributed by atoms with Crippen molar-refractivity contribution in [2.75, 3.05) is 5.43 Å². The van der Waals surface area contributed by atoms with Crippen LogP contribution in [0.2, 0.25) is 5.02 Å². The molecule has 0 bridgehead atoms. The van der Waals surface area contributed by atoms with Crippen molar-refractivity contribution in [3.8, 4) is 0 Å². The lowest BCUT2D eigenvalue weighted by atomic mass is 10.3. The minimum atomic E-state index is -0.293. The third-order valence-corrected chi connectivity index (χ3v) is 3.20. The summed E-state index contributed by atoms with van der Waals surface area (Å²) in [5.41, 5.74) is 4.78. The smallest absolute Gasteiger partial charge is 0.276 e. The van der Waals surface area contributed by atoms with Gasteiger partial charge in [0.05, 0.1) is 28.0 Å². The van der Waals surface area contributed by atoms with Crippen LogP contribution in [0.1, 0.15) is 5.69 Å². The summed E-state index contributed by atoms with van der Waals surface area (Å²) in [7, 11) is 0. The van der Waals surface area contributed by atoms with Crippen LogP contribution in [0.3, 0.4) is 0 Å². The van der Waals surface area contributed by atoms with E-state index in [1.54, 1.807) is 18.2 Å². The Hall–Kier alpha value is -2.66. The first-order chi connectivity index (χ1) is 10.2. The first kappa shape index (κ1) is 13.3.